The Bertz CT molecular complexity index is 529. The van der Waals surface area contributed by atoms with Crippen molar-refractivity contribution in [2.75, 3.05) is 13.1 Å². The van der Waals surface area contributed by atoms with E-state index in [1.54, 1.807) is 0 Å². The van der Waals surface area contributed by atoms with E-state index in [-0.39, 0.29) is 0 Å². The summed E-state index contributed by atoms with van der Waals surface area (Å²) in [5.74, 6) is 1.59. The van der Waals surface area contributed by atoms with E-state index in [1.807, 2.05) is 30.5 Å². The fourth-order valence-corrected chi connectivity index (χ4v) is 2.62. The van der Waals surface area contributed by atoms with Crippen molar-refractivity contribution in [1.82, 2.24) is 15.3 Å². The third-order valence-electron chi connectivity index (χ3n) is 3.41. The molecule has 1 aromatic heterocycles. The van der Waals surface area contributed by atoms with Gasteiger partial charge in [0, 0.05) is 23.0 Å². The Kier molecular flexibility index (Phi) is 3.35. The average Bonchev–Trinajstić information content (AvgIpc) is 2.89. The minimum absolute atomic E-state index is 0.506. The molecule has 3 nitrogen and oxygen atoms in total. The first-order chi connectivity index (χ1) is 8.83. The van der Waals surface area contributed by atoms with E-state index in [2.05, 4.69) is 15.3 Å². The zero-order chi connectivity index (χ0) is 12.4. The van der Waals surface area contributed by atoms with Gasteiger partial charge in [-0.2, -0.15) is 0 Å². The molecule has 1 aliphatic heterocycles. The molecule has 18 heavy (non-hydrogen) atoms. The van der Waals surface area contributed by atoms with E-state index in [9.17, 15) is 0 Å². The summed E-state index contributed by atoms with van der Waals surface area (Å²) >= 11 is 6.01. The number of rotatable bonds is 2. The third kappa shape index (κ3) is 2.42. The van der Waals surface area contributed by atoms with Gasteiger partial charge in [0.05, 0.1) is 11.9 Å². The molecule has 0 aliphatic carbocycles. The van der Waals surface area contributed by atoms with Gasteiger partial charge in [0.2, 0.25) is 0 Å². The van der Waals surface area contributed by atoms with Gasteiger partial charge in [0.1, 0.15) is 5.82 Å². The molecule has 0 spiro atoms. The van der Waals surface area contributed by atoms with Crippen LogP contribution in [-0.2, 0) is 0 Å². The van der Waals surface area contributed by atoms with Crippen LogP contribution < -0.4 is 5.32 Å². The maximum absolute atomic E-state index is 6.01. The molecule has 0 radical (unpaired) electrons. The van der Waals surface area contributed by atoms with Crippen molar-refractivity contribution in [2.45, 2.75) is 18.8 Å². The van der Waals surface area contributed by atoms with E-state index in [0.29, 0.717) is 5.92 Å². The lowest BCUT2D eigenvalue weighted by atomic mass is 9.99. The first-order valence-electron chi connectivity index (χ1n) is 6.34. The average molecular weight is 262 g/mol. The number of aromatic nitrogens is 2. The Morgan fingerprint density at radius 2 is 2.28 bits per heavy atom. The zero-order valence-corrected chi connectivity index (χ0v) is 10.9. The van der Waals surface area contributed by atoms with Gasteiger partial charge in [0.15, 0.2) is 0 Å². The number of benzene rings is 1. The summed E-state index contributed by atoms with van der Waals surface area (Å²) in [4.78, 5) is 7.92. The summed E-state index contributed by atoms with van der Waals surface area (Å²) < 4.78 is 0. The predicted molar refractivity (Wildman–Crippen MR) is 73.9 cm³/mol. The van der Waals surface area contributed by atoms with Gasteiger partial charge >= 0.3 is 0 Å². The second-order valence-corrected chi connectivity index (χ2v) is 5.17. The fraction of sp³-hybridized carbons (Fsp3) is 0.357. The number of hydrogen-bond donors (Lipinski definition) is 2. The second-order valence-electron chi connectivity index (χ2n) is 4.74. The molecular formula is C14H16ClN3. The molecule has 0 amide bonds. The monoisotopic (exact) mass is 261 g/mol. The minimum atomic E-state index is 0.506. The quantitative estimate of drug-likeness (QED) is 0.872. The lowest BCUT2D eigenvalue weighted by Crippen LogP contribution is -2.28. The Balaban J connectivity index is 1.84. The lowest BCUT2D eigenvalue weighted by Gasteiger charge is -2.20. The van der Waals surface area contributed by atoms with Gasteiger partial charge in [-0.15, -0.1) is 0 Å². The fourth-order valence-electron chi connectivity index (χ4n) is 2.43. The van der Waals surface area contributed by atoms with E-state index < -0.39 is 0 Å². The van der Waals surface area contributed by atoms with Crippen molar-refractivity contribution in [2.24, 2.45) is 0 Å². The molecule has 1 unspecified atom stereocenters. The molecule has 1 saturated heterocycles. The van der Waals surface area contributed by atoms with Crippen molar-refractivity contribution in [1.29, 1.82) is 0 Å². The molecule has 0 bridgehead atoms. The number of nitrogens with zero attached hydrogens (tertiary/aromatic N) is 1. The number of halogens is 1. The third-order valence-corrected chi connectivity index (χ3v) is 3.65. The number of piperidine rings is 1. The van der Waals surface area contributed by atoms with E-state index in [4.69, 9.17) is 11.6 Å². The minimum Gasteiger partial charge on any atom is -0.342 e. The SMILES string of the molecule is Clc1cccc(-c2cnc(C3CCCNC3)[nH]2)c1. The Labute approximate surface area is 112 Å². The number of aromatic amines is 1. The summed E-state index contributed by atoms with van der Waals surface area (Å²) in [7, 11) is 0. The van der Waals surface area contributed by atoms with Gasteiger partial charge in [-0.1, -0.05) is 23.7 Å². The molecule has 1 aliphatic rings. The Morgan fingerprint density at radius 3 is 3.06 bits per heavy atom. The summed E-state index contributed by atoms with van der Waals surface area (Å²) in [6, 6.07) is 7.84. The predicted octanol–water partition coefficient (Wildman–Crippen LogP) is 3.20. The summed E-state index contributed by atoms with van der Waals surface area (Å²) in [5, 5.41) is 4.16. The van der Waals surface area contributed by atoms with Crippen LogP contribution >= 0.6 is 11.6 Å². The standard InChI is InChI=1S/C14H16ClN3/c15-12-5-1-3-10(7-12)13-9-17-14(18-13)11-4-2-6-16-8-11/h1,3,5,7,9,11,16H,2,4,6,8H2,(H,17,18). The molecule has 2 heterocycles. The van der Waals surface area contributed by atoms with Crippen LogP contribution in [0.25, 0.3) is 11.3 Å². The highest BCUT2D eigenvalue weighted by atomic mass is 35.5. The summed E-state index contributed by atoms with van der Waals surface area (Å²) in [5.41, 5.74) is 2.13. The van der Waals surface area contributed by atoms with Gasteiger partial charge in [-0.25, -0.2) is 4.98 Å². The highest BCUT2D eigenvalue weighted by molar-refractivity contribution is 6.30. The number of nitrogens with one attached hydrogen (secondary N) is 2. The van der Waals surface area contributed by atoms with Crippen LogP contribution in [0.5, 0.6) is 0 Å². The molecule has 4 heteroatoms. The van der Waals surface area contributed by atoms with Crippen molar-refractivity contribution >= 4 is 11.6 Å². The first-order valence-corrected chi connectivity index (χ1v) is 6.72. The first kappa shape index (κ1) is 11.8. The van der Waals surface area contributed by atoms with Gasteiger partial charge in [0.25, 0.3) is 0 Å². The number of hydrogen-bond acceptors (Lipinski definition) is 2. The van der Waals surface area contributed by atoms with E-state index >= 15 is 0 Å². The van der Waals surface area contributed by atoms with Crippen LogP contribution in [0.3, 0.4) is 0 Å². The van der Waals surface area contributed by atoms with Crippen molar-refractivity contribution in [3.8, 4) is 11.3 Å². The molecule has 2 aromatic rings. The molecule has 0 saturated carbocycles. The lowest BCUT2D eigenvalue weighted by molar-refractivity contribution is 0.449. The Morgan fingerprint density at radius 1 is 1.33 bits per heavy atom. The van der Waals surface area contributed by atoms with Crippen LogP contribution in [-0.4, -0.2) is 23.1 Å². The molecule has 1 fully saturated rings. The van der Waals surface area contributed by atoms with E-state index in [0.717, 1.165) is 35.2 Å². The number of imidazole rings is 1. The smallest absolute Gasteiger partial charge is 0.110 e. The molecule has 1 aromatic carbocycles. The van der Waals surface area contributed by atoms with Crippen LogP contribution in [0.4, 0.5) is 0 Å². The van der Waals surface area contributed by atoms with Gasteiger partial charge in [-0.05, 0) is 31.5 Å². The van der Waals surface area contributed by atoms with Crippen molar-refractivity contribution < 1.29 is 0 Å². The van der Waals surface area contributed by atoms with Gasteiger partial charge in [-0.3, -0.25) is 0 Å². The molecule has 2 N–H and O–H groups in total. The second kappa shape index (κ2) is 5.12. The Hall–Kier alpha value is -1.32. The maximum atomic E-state index is 6.01. The normalized spacial score (nSPS) is 19.9. The maximum Gasteiger partial charge on any atom is 0.110 e. The molecular weight excluding hydrogens is 246 g/mol. The molecule has 3 rings (SSSR count). The van der Waals surface area contributed by atoms with Crippen LogP contribution in [0.2, 0.25) is 5.02 Å². The summed E-state index contributed by atoms with van der Waals surface area (Å²) in [6.45, 7) is 2.14. The number of H-pyrrole nitrogens is 1. The topological polar surface area (TPSA) is 40.7 Å². The van der Waals surface area contributed by atoms with Crippen molar-refractivity contribution in [3.05, 3.63) is 41.3 Å². The van der Waals surface area contributed by atoms with Crippen LogP contribution in [0.15, 0.2) is 30.5 Å². The summed E-state index contributed by atoms with van der Waals surface area (Å²) in [6.07, 6.45) is 4.32. The van der Waals surface area contributed by atoms with Crippen LogP contribution in [0, 0.1) is 0 Å². The molecule has 94 valence electrons. The van der Waals surface area contributed by atoms with Crippen LogP contribution in [0.1, 0.15) is 24.6 Å². The highest BCUT2D eigenvalue weighted by Crippen LogP contribution is 2.25. The largest absolute Gasteiger partial charge is 0.342 e. The van der Waals surface area contributed by atoms with Crippen molar-refractivity contribution in [3.63, 3.8) is 0 Å². The van der Waals surface area contributed by atoms with Gasteiger partial charge < -0.3 is 10.3 Å². The highest BCUT2D eigenvalue weighted by Gasteiger charge is 2.18. The van der Waals surface area contributed by atoms with E-state index in [1.165, 1.54) is 12.8 Å². The zero-order valence-electron chi connectivity index (χ0n) is 10.1. The molecule has 1 atom stereocenters.